The topological polar surface area (TPSA) is 52.8 Å². The van der Waals surface area contributed by atoms with Crippen molar-refractivity contribution in [1.82, 2.24) is 19.5 Å². The van der Waals surface area contributed by atoms with Gasteiger partial charge in [-0.25, -0.2) is 15.0 Å². The summed E-state index contributed by atoms with van der Waals surface area (Å²) in [6, 6.07) is 70.2. The zero-order valence-corrected chi connectivity index (χ0v) is 32.2. The highest BCUT2D eigenvalue weighted by Gasteiger charge is 2.20. The van der Waals surface area contributed by atoms with Crippen LogP contribution < -0.4 is 4.74 Å². The Morgan fingerprint density at radius 2 is 0.881 bits per heavy atom. The molecule has 0 aliphatic heterocycles. The van der Waals surface area contributed by atoms with Crippen LogP contribution in [0.15, 0.2) is 200 Å². The molecule has 0 spiro atoms. The van der Waals surface area contributed by atoms with Crippen LogP contribution in [0.25, 0.3) is 105 Å². The lowest BCUT2D eigenvalue weighted by Crippen LogP contribution is -2.01. The second-order valence-electron chi connectivity index (χ2n) is 14.8. The van der Waals surface area contributed by atoms with Gasteiger partial charge in [-0.15, -0.1) is 0 Å². The fourth-order valence-corrected chi connectivity index (χ4v) is 8.40. The van der Waals surface area contributed by atoms with Gasteiger partial charge in [-0.3, -0.25) is 0 Å². The van der Waals surface area contributed by atoms with E-state index in [1.54, 1.807) is 7.11 Å². The van der Waals surface area contributed by atoms with Gasteiger partial charge in [-0.1, -0.05) is 170 Å². The zero-order valence-electron chi connectivity index (χ0n) is 32.2. The lowest BCUT2D eigenvalue weighted by molar-refractivity contribution is 0.415. The van der Waals surface area contributed by atoms with Gasteiger partial charge < -0.3 is 9.30 Å². The van der Waals surface area contributed by atoms with Crippen molar-refractivity contribution < 1.29 is 4.74 Å². The molecular formula is C54H36N4O. The van der Waals surface area contributed by atoms with E-state index in [9.17, 15) is 0 Å². The maximum Gasteiger partial charge on any atom is 0.164 e. The summed E-state index contributed by atoms with van der Waals surface area (Å²) in [6.07, 6.45) is 0. The van der Waals surface area contributed by atoms with Gasteiger partial charge in [0.25, 0.3) is 0 Å². The number of hydrogen-bond donors (Lipinski definition) is 0. The lowest BCUT2D eigenvalue weighted by Gasteiger charge is -2.17. The van der Waals surface area contributed by atoms with Crippen molar-refractivity contribution in [2.45, 2.75) is 0 Å². The van der Waals surface area contributed by atoms with E-state index >= 15 is 0 Å². The lowest BCUT2D eigenvalue weighted by atomic mass is 10.0. The van der Waals surface area contributed by atoms with Crippen molar-refractivity contribution in [3.8, 4) is 67.9 Å². The summed E-state index contributed by atoms with van der Waals surface area (Å²) in [5.74, 6) is 2.66. The van der Waals surface area contributed by atoms with Crippen LogP contribution in [0, 0.1) is 0 Å². The van der Waals surface area contributed by atoms with Crippen molar-refractivity contribution in [3.63, 3.8) is 0 Å². The summed E-state index contributed by atoms with van der Waals surface area (Å²) in [6.45, 7) is 0. The van der Waals surface area contributed by atoms with Gasteiger partial charge in [-0.2, -0.15) is 0 Å². The van der Waals surface area contributed by atoms with E-state index in [4.69, 9.17) is 19.7 Å². The van der Waals surface area contributed by atoms with Crippen LogP contribution in [0.5, 0.6) is 5.75 Å². The zero-order chi connectivity index (χ0) is 39.3. The largest absolute Gasteiger partial charge is 0.494 e. The van der Waals surface area contributed by atoms with Crippen LogP contribution in [0.1, 0.15) is 0 Å². The highest BCUT2D eigenvalue weighted by molar-refractivity contribution is 6.10. The highest BCUT2D eigenvalue weighted by atomic mass is 16.5. The van der Waals surface area contributed by atoms with Crippen LogP contribution in [-0.2, 0) is 0 Å². The van der Waals surface area contributed by atoms with E-state index in [0.717, 1.165) is 61.1 Å². The Morgan fingerprint density at radius 3 is 1.54 bits per heavy atom. The predicted molar refractivity (Wildman–Crippen MR) is 243 cm³/mol. The van der Waals surface area contributed by atoms with Crippen LogP contribution in [0.2, 0.25) is 0 Å². The first-order chi connectivity index (χ1) is 29.2. The fourth-order valence-electron chi connectivity index (χ4n) is 8.40. The van der Waals surface area contributed by atoms with Gasteiger partial charge in [0.2, 0.25) is 0 Å². The highest BCUT2D eigenvalue weighted by Crippen LogP contribution is 2.41. The van der Waals surface area contributed by atoms with Crippen molar-refractivity contribution >= 4 is 43.4 Å². The van der Waals surface area contributed by atoms with E-state index in [2.05, 4.69) is 205 Å². The number of ether oxygens (including phenoxy) is 1. The minimum absolute atomic E-state index is 0.609. The average Bonchev–Trinajstić information content (AvgIpc) is 3.64. The molecule has 0 aliphatic carbocycles. The summed E-state index contributed by atoms with van der Waals surface area (Å²) < 4.78 is 8.65. The predicted octanol–water partition coefficient (Wildman–Crippen LogP) is 13.6. The Bertz CT molecular complexity index is 3270. The SMILES string of the molecule is COc1c(-c2ccc(-c3nc(-c4ccc5ccccc5c4)nc(-c4ccc5ccccc5c4)n3)cc2)cccc1-n1c2ccccc2c2ccc(-c3ccccc3)cc21. The van der Waals surface area contributed by atoms with Crippen LogP contribution in [0.4, 0.5) is 0 Å². The van der Waals surface area contributed by atoms with Gasteiger partial charge in [0.1, 0.15) is 0 Å². The number of rotatable bonds is 7. The molecule has 0 saturated heterocycles. The third-order valence-electron chi connectivity index (χ3n) is 11.3. The fraction of sp³-hybridized carbons (Fsp3) is 0.0185. The first-order valence-electron chi connectivity index (χ1n) is 19.8. The number of methoxy groups -OCH3 is 1. The minimum Gasteiger partial charge on any atom is -0.494 e. The quantitative estimate of drug-likeness (QED) is 0.162. The molecule has 0 N–H and O–H groups in total. The molecule has 9 aromatic carbocycles. The number of para-hydroxylation sites is 2. The summed E-state index contributed by atoms with van der Waals surface area (Å²) in [5, 5.41) is 7.01. The Kier molecular flexibility index (Phi) is 8.30. The molecule has 0 aliphatic rings. The second kappa shape index (κ2) is 14.2. The maximum atomic E-state index is 6.32. The van der Waals surface area contributed by atoms with Gasteiger partial charge in [0.05, 0.1) is 23.8 Å². The maximum absolute atomic E-state index is 6.32. The van der Waals surface area contributed by atoms with Crippen molar-refractivity contribution in [1.29, 1.82) is 0 Å². The average molecular weight is 757 g/mol. The molecular weight excluding hydrogens is 721 g/mol. The van der Waals surface area contributed by atoms with Gasteiger partial charge >= 0.3 is 0 Å². The Morgan fingerprint density at radius 1 is 0.356 bits per heavy atom. The summed E-state index contributed by atoms with van der Waals surface area (Å²) in [5.41, 5.74) is 10.4. The Labute approximate surface area is 341 Å². The number of benzene rings is 9. The van der Waals surface area contributed by atoms with E-state index in [1.165, 1.54) is 32.7 Å². The third-order valence-corrected chi connectivity index (χ3v) is 11.3. The molecule has 5 nitrogen and oxygen atoms in total. The first-order valence-corrected chi connectivity index (χ1v) is 19.8. The van der Waals surface area contributed by atoms with Crippen LogP contribution >= 0.6 is 0 Å². The van der Waals surface area contributed by atoms with E-state index in [0.29, 0.717) is 17.5 Å². The standard InChI is InChI=1S/C54H36N4O/c1-59-51-45(19-11-21-49(51)58-48-20-10-9-18-46(48)47-31-30-42(34-50(47)58)35-12-3-2-4-13-35)38-24-26-39(27-25-38)52-55-53(43-28-22-36-14-5-7-16-40(36)32-43)57-54(56-52)44-29-23-37-15-6-8-17-41(37)33-44/h2-34H,1H3. The van der Waals surface area contributed by atoms with Gasteiger partial charge in [-0.05, 0) is 68.6 Å². The molecule has 11 aromatic rings. The number of fused-ring (bicyclic) bond motifs is 5. The molecule has 0 unspecified atom stereocenters. The van der Waals surface area contributed by atoms with Crippen molar-refractivity contribution in [2.24, 2.45) is 0 Å². The van der Waals surface area contributed by atoms with Crippen LogP contribution in [0.3, 0.4) is 0 Å². The molecule has 0 radical (unpaired) electrons. The molecule has 0 fully saturated rings. The molecule has 0 bridgehead atoms. The van der Waals surface area contributed by atoms with E-state index < -0.39 is 0 Å². The molecule has 11 rings (SSSR count). The molecule has 59 heavy (non-hydrogen) atoms. The second-order valence-corrected chi connectivity index (χ2v) is 14.8. The van der Waals surface area contributed by atoms with E-state index in [1.807, 2.05) is 0 Å². The van der Waals surface area contributed by atoms with Crippen LogP contribution in [-0.4, -0.2) is 26.6 Å². The normalized spacial score (nSPS) is 11.5. The van der Waals surface area contributed by atoms with Crippen molar-refractivity contribution in [2.75, 3.05) is 7.11 Å². The molecule has 5 heteroatoms. The molecule has 278 valence electrons. The number of aromatic nitrogens is 4. The third kappa shape index (κ3) is 6.08. The summed E-state index contributed by atoms with van der Waals surface area (Å²) in [4.78, 5) is 15.2. The molecule has 0 amide bonds. The Balaban J connectivity index is 1.03. The number of hydrogen-bond acceptors (Lipinski definition) is 4. The smallest absolute Gasteiger partial charge is 0.164 e. The first kappa shape index (κ1) is 34.4. The molecule has 2 heterocycles. The van der Waals surface area contributed by atoms with Gasteiger partial charge in [0, 0.05) is 33.0 Å². The molecule has 2 aromatic heterocycles. The van der Waals surface area contributed by atoms with Gasteiger partial charge in [0.15, 0.2) is 23.2 Å². The number of nitrogens with zero attached hydrogens (tertiary/aromatic N) is 4. The Hall–Kier alpha value is -7.89. The monoisotopic (exact) mass is 756 g/mol. The van der Waals surface area contributed by atoms with E-state index in [-0.39, 0.29) is 0 Å². The van der Waals surface area contributed by atoms with Crippen molar-refractivity contribution in [3.05, 3.63) is 200 Å². The summed E-state index contributed by atoms with van der Waals surface area (Å²) >= 11 is 0. The summed E-state index contributed by atoms with van der Waals surface area (Å²) in [7, 11) is 1.76. The molecule has 0 atom stereocenters. The molecule has 0 saturated carbocycles. The minimum atomic E-state index is 0.609.